The molecule has 0 aliphatic carbocycles. The molecule has 2 N–H and O–H groups in total. The second kappa shape index (κ2) is 8.92. The van der Waals surface area contributed by atoms with Gasteiger partial charge in [0.05, 0.1) is 11.3 Å². The maximum atomic E-state index is 14.1. The zero-order valence-electron chi connectivity index (χ0n) is 19.9. The van der Waals surface area contributed by atoms with E-state index in [1.54, 1.807) is 19.1 Å². The molecule has 10 heteroatoms. The van der Waals surface area contributed by atoms with Crippen molar-refractivity contribution in [2.45, 2.75) is 44.6 Å². The van der Waals surface area contributed by atoms with Crippen LogP contribution < -0.4 is 15.2 Å². The van der Waals surface area contributed by atoms with Gasteiger partial charge in [0.15, 0.2) is 4.90 Å². The van der Waals surface area contributed by atoms with Crippen molar-refractivity contribution >= 4 is 21.7 Å². The quantitative estimate of drug-likeness (QED) is 0.556. The van der Waals surface area contributed by atoms with E-state index in [0.29, 0.717) is 29.5 Å². The van der Waals surface area contributed by atoms with Gasteiger partial charge in [-0.1, -0.05) is 6.92 Å². The molecule has 35 heavy (non-hydrogen) atoms. The summed E-state index contributed by atoms with van der Waals surface area (Å²) in [4.78, 5) is 33.7. The van der Waals surface area contributed by atoms with Gasteiger partial charge in [-0.15, -0.1) is 0 Å². The number of nitrogens with one attached hydrogen (secondary N) is 2. The molecule has 1 aliphatic rings. The number of carbonyl (C=O) groups is 1. The number of carbonyl (C=O) groups excluding carboxylic acids is 1. The Bertz CT molecular complexity index is 1450. The summed E-state index contributed by atoms with van der Waals surface area (Å²) < 4.78 is 41.6. The van der Waals surface area contributed by atoms with Crippen molar-refractivity contribution in [1.82, 2.24) is 14.7 Å². The Morgan fingerprint density at radius 2 is 1.97 bits per heavy atom. The van der Waals surface area contributed by atoms with Crippen LogP contribution in [0.1, 0.15) is 43.1 Å². The molecule has 3 aromatic rings. The van der Waals surface area contributed by atoms with E-state index in [-0.39, 0.29) is 11.1 Å². The third-order valence-electron chi connectivity index (χ3n) is 6.08. The fourth-order valence-electron chi connectivity index (χ4n) is 4.69. The number of pyridine rings is 2. The molecule has 0 spiro atoms. The summed E-state index contributed by atoms with van der Waals surface area (Å²) in [6.45, 7) is 8.53. The van der Waals surface area contributed by atoms with Gasteiger partial charge in [-0.25, -0.2) is 22.5 Å². The van der Waals surface area contributed by atoms with Crippen molar-refractivity contribution in [3.05, 3.63) is 76.0 Å². The first-order valence-electron chi connectivity index (χ1n) is 11.2. The predicted molar refractivity (Wildman–Crippen MR) is 131 cm³/mol. The van der Waals surface area contributed by atoms with E-state index in [9.17, 15) is 22.4 Å². The number of hydrogen-bond donors (Lipinski definition) is 2. The highest BCUT2D eigenvalue weighted by atomic mass is 32.2. The molecule has 8 nitrogen and oxygen atoms in total. The van der Waals surface area contributed by atoms with E-state index in [1.165, 1.54) is 30.5 Å². The monoisotopic (exact) mass is 498 g/mol. The van der Waals surface area contributed by atoms with Gasteiger partial charge in [-0.05, 0) is 81.1 Å². The van der Waals surface area contributed by atoms with Gasteiger partial charge in [0.1, 0.15) is 11.6 Å². The zero-order chi connectivity index (χ0) is 25.5. The minimum Gasteiger partial charge on any atom is -0.351 e. The van der Waals surface area contributed by atoms with Gasteiger partial charge < -0.3 is 9.88 Å². The summed E-state index contributed by atoms with van der Waals surface area (Å²) in [6, 6.07) is 10.1. The van der Waals surface area contributed by atoms with Crippen LogP contribution in [0.15, 0.2) is 58.4 Å². The van der Waals surface area contributed by atoms with E-state index >= 15 is 0 Å². The van der Waals surface area contributed by atoms with Crippen molar-refractivity contribution in [3.63, 3.8) is 0 Å². The van der Waals surface area contributed by atoms with E-state index < -0.39 is 32.2 Å². The predicted octanol–water partition coefficient (Wildman–Crippen LogP) is 3.63. The first-order chi connectivity index (χ1) is 16.4. The molecule has 1 saturated heterocycles. The average Bonchev–Trinajstić information content (AvgIpc) is 3.04. The first kappa shape index (κ1) is 24.6. The Hall–Kier alpha value is -3.53. The minimum atomic E-state index is -4.43. The second-order valence-electron chi connectivity index (χ2n) is 9.62. The molecular weight excluding hydrogens is 471 g/mol. The Morgan fingerprint density at radius 3 is 2.60 bits per heavy atom. The van der Waals surface area contributed by atoms with Crippen LogP contribution in [-0.2, 0) is 10.0 Å². The number of nitrogens with zero attached hydrogens (tertiary/aromatic N) is 2. The van der Waals surface area contributed by atoms with Crippen LogP contribution in [0.2, 0.25) is 0 Å². The molecule has 2 aromatic heterocycles. The van der Waals surface area contributed by atoms with E-state index in [1.807, 2.05) is 23.5 Å². The summed E-state index contributed by atoms with van der Waals surface area (Å²) in [5.41, 5.74) is 0.575. The lowest BCUT2D eigenvalue weighted by Gasteiger charge is -2.34. The largest absolute Gasteiger partial charge is 0.351 e. The summed E-state index contributed by atoms with van der Waals surface area (Å²) in [6.07, 6.45) is 2.14. The van der Waals surface area contributed by atoms with Crippen molar-refractivity contribution in [1.29, 1.82) is 0 Å². The summed E-state index contributed by atoms with van der Waals surface area (Å²) in [7, 11) is -4.43. The van der Waals surface area contributed by atoms with Gasteiger partial charge in [0.25, 0.3) is 21.5 Å². The van der Waals surface area contributed by atoms with Gasteiger partial charge >= 0.3 is 0 Å². The fraction of sp³-hybridized carbons (Fsp3) is 0.320. The topological polar surface area (TPSA) is 112 Å². The molecule has 1 aliphatic heterocycles. The Kier molecular flexibility index (Phi) is 6.27. The number of aryl methyl sites for hydroxylation is 1. The maximum absolute atomic E-state index is 14.1. The molecule has 0 radical (unpaired) electrons. The van der Waals surface area contributed by atoms with Gasteiger partial charge in [-0.2, -0.15) is 0 Å². The molecule has 3 heterocycles. The highest BCUT2D eigenvalue weighted by Gasteiger charge is 2.39. The van der Waals surface area contributed by atoms with Gasteiger partial charge in [0, 0.05) is 23.8 Å². The third kappa shape index (κ3) is 4.97. The smallest absolute Gasteiger partial charge is 0.269 e. The minimum absolute atomic E-state index is 0.0417. The zero-order valence-corrected chi connectivity index (χ0v) is 20.7. The SMILES string of the molecule is Cc1cc(F)cc(-c2ccc(C(=O)NS(=O)(=O)c3ccc[nH]c3=O)c(N3C[C@@H](C)CC3(C)C)n2)c1. The Balaban J connectivity index is 1.81. The Morgan fingerprint density at radius 1 is 1.23 bits per heavy atom. The lowest BCUT2D eigenvalue weighted by atomic mass is 9.97. The molecule has 184 valence electrons. The van der Waals surface area contributed by atoms with E-state index in [4.69, 9.17) is 4.98 Å². The van der Waals surface area contributed by atoms with Crippen LogP contribution >= 0.6 is 0 Å². The fourth-order valence-corrected chi connectivity index (χ4v) is 5.71. The molecule has 4 rings (SSSR count). The van der Waals surface area contributed by atoms with Crippen molar-refractivity contribution in [2.24, 2.45) is 5.92 Å². The number of amides is 1. The number of sulfonamides is 1. The number of aromatic amines is 1. The summed E-state index contributed by atoms with van der Waals surface area (Å²) >= 11 is 0. The maximum Gasteiger partial charge on any atom is 0.269 e. The van der Waals surface area contributed by atoms with Crippen LogP contribution in [0.3, 0.4) is 0 Å². The lowest BCUT2D eigenvalue weighted by Crippen LogP contribution is -2.41. The number of benzene rings is 1. The highest BCUT2D eigenvalue weighted by Crippen LogP contribution is 2.38. The summed E-state index contributed by atoms with van der Waals surface area (Å²) in [5.74, 6) is -0.699. The van der Waals surface area contributed by atoms with Crippen molar-refractivity contribution < 1.29 is 17.6 Å². The standard InChI is InChI=1S/C25H27FN4O4S/c1-15-10-17(12-18(26)11-15)20-8-7-19(22(28-20)30-14-16(2)13-25(30,3)4)23(31)29-35(33,34)21-6-5-9-27-24(21)32/h5-12,16H,13-14H2,1-4H3,(H,27,32)(H,29,31)/t16-/m0/s1. The number of rotatable bonds is 5. The summed E-state index contributed by atoms with van der Waals surface area (Å²) in [5, 5.41) is 0. The van der Waals surface area contributed by atoms with E-state index in [2.05, 4.69) is 11.9 Å². The molecule has 1 atom stereocenters. The number of hydrogen-bond acceptors (Lipinski definition) is 6. The van der Waals surface area contributed by atoms with Crippen molar-refractivity contribution in [2.75, 3.05) is 11.4 Å². The first-order valence-corrected chi connectivity index (χ1v) is 12.7. The second-order valence-corrected chi connectivity index (χ2v) is 11.3. The van der Waals surface area contributed by atoms with E-state index in [0.717, 1.165) is 18.1 Å². The normalized spacial score (nSPS) is 17.4. The lowest BCUT2D eigenvalue weighted by molar-refractivity contribution is 0.0981. The molecule has 1 fully saturated rings. The molecular formula is C25H27FN4O4S. The average molecular weight is 499 g/mol. The Labute approximate surface area is 203 Å². The number of halogens is 1. The van der Waals surface area contributed by atoms with Crippen LogP contribution in [0.25, 0.3) is 11.3 Å². The molecule has 1 amide bonds. The van der Waals surface area contributed by atoms with Gasteiger partial charge in [0.2, 0.25) is 0 Å². The third-order valence-corrected chi connectivity index (χ3v) is 7.44. The van der Waals surface area contributed by atoms with Crippen LogP contribution in [-0.4, -0.2) is 36.4 Å². The highest BCUT2D eigenvalue weighted by molar-refractivity contribution is 7.90. The number of H-pyrrole nitrogens is 1. The van der Waals surface area contributed by atoms with Crippen LogP contribution in [0.4, 0.5) is 10.2 Å². The number of aromatic nitrogens is 2. The molecule has 1 aromatic carbocycles. The van der Waals surface area contributed by atoms with Crippen LogP contribution in [0.5, 0.6) is 0 Å². The van der Waals surface area contributed by atoms with Crippen molar-refractivity contribution in [3.8, 4) is 11.3 Å². The van der Waals surface area contributed by atoms with Gasteiger partial charge in [-0.3, -0.25) is 9.59 Å². The number of anilines is 1. The van der Waals surface area contributed by atoms with Crippen LogP contribution in [0, 0.1) is 18.7 Å². The molecule has 0 unspecified atom stereocenters. The molecule has 0 saturated carbocycles. The molecule has 0 bridgehead atoms.